The Kier molecular flexibility index (Phi) is 9.43. The zero-order valence-electron chi connectivity index (χ0n) is 29.8. The number of aromatic nitrogens is 1. The quantitative estimate of drug-likeness (QED) is 0.365. The first kappa shape index (κ1) is 37.0. The third-order valence-electron chi connectivity index (χ3n) is 11.8. The summed E-state index contributed by atoms with van der Waals surface area (Å²) < 4.78 is 61.7. The number of hydrogen-bond acceptors (Lipinski definition) is 8. The summed E-state index contributed by atoms with van der Waals surface area (Å²) in [6.45, 7) is 2.02. The number of pyridine rings is 1. The summed E-state index contributed by atoms with van der Waals surface area (Å²) in [5, 5.41) is 13.8. The Morgan fingerprint density at radius 1 is 1.15 bits per heavy atom. The molecule has 3 N–H and O–H groups in total. The van der Waals surface area contributed by atoms with E-state index in [0.29, 0.717) is 67.7 Å². The van der Waals surface area contributed by atoms with Crippen LogP contribution in [0, 0.1) is 12.8 Å². The molecule has 1 saturated heterocycles. The molecule has 1 aromatic carbocycles. The first-order chi connectivity index (χ1) is 25.1. The van der Waals surface area contributed by atoms with Crippen molar-refractivity contribution in [1.29, 1.82) is 0 Å². The standard InChI is InChI=1S/C37H45F2N5O8S/c1-22-30-25(24-11-8-9-12-26(24)40-22)14-15-36(52-30)19-28-31(45)41-37(33(47)42-53(50,51)35(2)16-17-35)18-23(37)10-6-4-3-5-7-13-27(32(46)44(28)21-36)43(34(48)49)20-29(38)39/h6,8-12,23,27-29H,3-5,7,13-21H2,1-2H3,(H,41,45)(H,42,47)(H,48,49)/b10-6-/t23-,27+,28+,36-,37-/m1/s1. The Balaban J connectivity index is 1.26. The maximum atomic E-state index is 14.6. The number of sulfonamides is 1. The first-order valence-corrected chi connectivity index (χ1v) is 19.8. The zero-order chi connectivity index (χ0) is 37.9. The van der Waals surface area contributed by atoms with Gasteiger partial charge in [0.05, 0.1) is 29.0 Å². The number of nitrogens with one attached hydrogen (secondary N) is 2. The second kappa shape index (κ2) is 13.5. The van der Waals surface area contributed by atoms with Crippen molar-refractivity contribution in [2.45, 2.75) is 119 Å². The van der Waals surface area contributed by atoms with Gasteiger partial charge in [-0.2, -0.15) is 0 Å². The number of allylic oxidation sites excluding steroid dienone is 1. The number of amides is 4. The lowest BCUT2D eigenvalue weighted by Crippen LogP contribution is -2.59. The highest BCUT2D eigenvalue weighted by molar-refractivity contribution is 7.91. The second-order valence-electron chi connectivity index (χ2n) is 15.6. The Morgan fingerprint density at radius 3 is 2.62 bits per heavy atom. The molecule has 7 rings (SSSR count). The van der Waals surface area contributed by atoms with Gasteiger partial charge in [-0.1, -0.05) is 43.2 Å². The molecule has 2 aromatic rings. The number of benzene rings is 1. The van der Waals surface area contributed by atoms with Crippen LogP contribution in [0.4, 0.5) is 13.6 Å². The monoisotopic (exact) mass is 757 g/mol. The average molecular weight is 758 g/mol. The highest BCUT2D eigenvalue weighted by Gasteiger charge is 2.64. The number of carbonyl (C=O) groups excluding carboxylic acids is 3. The molecule has 53 heavy (non-hydrogen) atoms. The van der Waals surface area contributed by atoms with Crippen molar-refractivity contribution in [3.63, 3.8) is 0 Å². The Bertz CT molecular complexity index is 1990. The van der Waals surface area contributed by atoms with E-state index in [-0.39, 0.29) is 25.8 Å². The molecule has 5 atom stereocenters. The van der Waals surface area contributed by atoms with E-state index >= 15 is 0 Å². The molecule has 13 nitrogen and oxygen atoms in total. The molecule has 1 spiro atoms. The van der Waals surface area contributed by atoms with Crippen LogP contribution in [0.1, 0.15) is 82.4 Å². The van der Waals surface area contributed by atoms with Crippen molar-refractivity contribution in [2.24, 2.45) is 5.92 Å². The average Bonchev–Trinajstić information content (AvgIpc) is 3.99. The molecule has 3 fully saturated rings. The molecule has 16 heteroatoms. The predicted octanol–water partition coefficient (Wildman–Crippen LogP) is 4.22. The number of ether oxygens (including phenoxy) is 1. The number of halogens is 2. The number of fused-ring (bicyclic) bond motifs is 5. The zero-order valence-corrected chi connectivity index (χ0v) is 30.6. The minimum Gasteiger partial charge on any atom is -0.483 e. The third kappa shape index (κ3) is 6.82. The van der Waals surface area contributed by atoms with Gasteiger partial charge in [-0.15, -0.1) is 0 Å². The first-order valence-electron chi connectivity index (χ1n) is 18.3. The fourth-order valence-electron chi connectivity index (χ4n) is 8.27. The summed E-state index contributed by atoms with van der Waals surface area (Å²) in [6, 6.07) is 4.83. The summed E-state index contributed by atoms with van der Waals surface area (Å²) in [4.78, 5) is 61.8. The van der Waals surface area contributed by atoms with Crippen LogP contribution in [-0.4, -0.2) is 99.6 Å². The molecule has 3 aliphatic heterocycles. The molecule has 5 aliphatic rings. The Labute approximate surface area is 306 Å². The van der Waals surface area contributed by atoms with Gasteiger partial charge < -0.3 is 20.1 Å². The molecule has 1 aromatic heterocycles. The molecular formula is C37H45F2N5O8S. The van der Waals surface area contributed by atoms with Gasteiger partial charge in [-0.25, -0.2) is 27.0 Å². The summed E-state index contributed by atoms with van der Waals surface area (Å²) in [7, 11) is -4.05. The van der Waals surface area contributed by atoms with E-state index in [9.17, 15) is 41.5 Å². The summed E-state index contributed by atoms with van der Waals surface area (Å²) in [5.41, 5.74) is -0.410. The maximum Gasteiger partial charge on any atom is 0.408 e. The van der Waals surface area contributed by atoms with Crippen LogP contribution in [0.15, 0.2) is 36.4 Å². The smallest absolute Gasteiger partial charge is 0.408 e. The maximum absolute atomic E-state index is 14.6. The summed E-state index contributed by atoms with van der Waals surface area (Å²) >= 11 is 0. The Morgan fingerprint density at radius 2 is 1.91 bits per heavy atom. The Hall–Kier alpha value is -4.34. The number of aryl methyl sites for hydroxylation is 2. The van der Waals surface area contributed by atoms with Crippen molar-refractivity contribution < 1.29 is 46.2 Å². The van der Waals surface area contributed by atoms with E-state index in [1.165, 1.54) is 4.90 Å². The normalized spacial score (nSPS) is 30.2. The SMILES string of the molecule is Cc1nc2ccccc2c2c1O[C@]1(CC2)C[C@H]2C(=O)N[C@]3(C(=O)NS(=O)(=O)C4(C)CC4)C[C@H]3/C=C\CCCCC[C@H](N(CC(F)F)C(=O)O)C(=O)N2C1. The number of carbonyl (C=O) groups is 4. The fraction of sp³-hybridized carbons (Fsp3) is 0.595. The topological polar surface area (TPSA) is 175 Å². The van der Waals surface area contributed by atoms with Crippen LogP contribution < -0.4 is 14.8 Å². The van der Waals surface area contributed by atoms with Gasteiger partial charge in [0.25, 0.3) is 12.3 Å². The highest BCUT2D eigenvalue weighted by atomic mass is 32.2. The van der Waals surface area contributed by atoms with Crippen molar-refractivity contribution >= 4 is 44.7 Å². The second-order valence-corrected chi connectivity index (χ2v) is 17.8. The number of carboxylic acid groups (broad SMARTS) is 1. The van der Waals surface area contributed by atoms with Gasteiger partial charge in [0, 0.05) is 23.3 Å². The molecule has 2 aliphatic carbocycles. The van der Waals surface area contributed by atoms with E-state index in [4.69, 9.17) is 9.72 Å². The predicted molar refractivity (Wildman–Crippen MR) is 189 cm³/mol. The number of para-hydroxylation sites is 1. The van der Waals surface area contributed by atoms with Gasteiger partial charge in [-0.05, 0) is 71.3 Å². The lowest BCUT2D eigenvalue weighted by atomic mass is 9.87. The minimum absolute atomic E-state index is 0.0380. The number of rotatable bonds is 6. The van der Waals surface area contributed by atoms with Crippen LogP contribution in [0.5, 0.6) is 5.75 Å². The minimum atomic E-state index is -4.05. The molecule has 4 heterocycles. The summed E-state index contributed by atoms with van der Waals surface area (Å²) in [5.74, 6) is -2.42. The molecule has 286 valence electrons. The number of alkyl halides is 2. The van der Waals surface area contributed by atoms with E-state index in [1.54, 1.807) is 19.9 Å². The van der Waals surface area contributed by atoms with Crippen molar-refractivity contribution in [2.75, 3.05) is 13.1 Å². The molecule has 4 amide bonds. The van der Waals surface area contributed by atoms with Crippen molar-refractivity contribution in [3.05, 3.63) is 47.7 Å². The lowest BCUT2D eigenvalue weighted by molar-refractivity contribution is -0.144. The molecule has 0 radical (unpaired) electrons. The largest absolute Gasteiger partial charge is 0.483 e. The van der Waals surface area contributed by atoms with Gasteiger partial charge >= 0.3 is 6.09 Å². The van der Waals surface area contributed by atoms with Crippen LogP contribution in [0.2, 0.25) is 0 Å². The van der Waals surface area contributed by atoms with Gasteiger partial charge in [0.1, 0.15) is 29.0 Å². The third-order valence-corrected chi connectivity index (χ3v) is 14.0. The van der Waals surface area contributed by atoms with Crippen LogP contribution in [0.3, 0.4) is 0 Å². The van der Waals surface area contributed by atoms with Crippen molar-refractivity contribution in [1.82, 2.24) is 24.8 Å². The molecular weight excluding hydrogens is 712 g/mol. The van der Waals surface area contributed by atoms with Gasteiger partial charge in [-0.3, -0.25) is 24.0 Å². The van der Waals surface area contributed by atoms with Crippen LogP contribution in [-0.2, 0) is 30.8 Å². The molecule has 0 bridgehead atoms. The lowest BCUT2D eigenvalue weighted by Gasteiger charge is -2.37. The van der Waals surface area contributed by atoms with Crippen LogP contribution in [0.25, 0.3) is 10.9 Å². The molecule has 2 saturated carbocycles. The van der Waals surface area contributed by atoms with Crippen LogP contribution >= 0.6 is 0 Å². The van der Waals surface area contributed by atoms with E-state index < -0.39 is 80.7 Å². The number of hydrogen-bond donors (Lipinski definition) is 3. The number of nitrogens with zero attached hydrogens (tertiary/aromatic N) is 3. The van der Waals surface area contributed by atoms with Gasteiger partial charge in [0.15, 0.2) is 0 Å². The summed E-state index contributed by atoms with van der Waals surface area (Å²) in [6.07, 6.45) is 2.78. The van der Waals surface area contributed by atoms with E-state index in [0.717, 1.165) is 16.5 Å². The highest BCUT2D eigenvalue weighted by Crippen LogP contribution is 2.49. The fourth-order valence-corrected chi connectivity index (χ4v) is 9.58. The molecule has 0 unspecified atom stereocenters. The van der Waals surface area contributed by atoms with E-state index in [2.05, 4.69) is 10.0 Å². The van der Waals surface area contributed by atoms with Gasteiger partial charge in [0.2, 0.25) is 21.8 Å². The van der Waals surface area contributed by atoms with Crippen molar-refractivity contribution in [3.8, 4) is 5.75 Å². The van der Waals surface area contributed by atoms with E-state index in [1.807, 2.05) is 30.3 Å².